The maximum Gasteiger partial charge on any atom is 0.0825 e. The minimum absolute atomic E-state index is 0.168. The van der Waals surface area contributed by atoms with E-state index in [1.807, 2.05) is 26.0 Å². The summed E-state index contributed by atoms with van der Waals surface area (Å²) in [5, 5.41) is 9.02. The molecule has 0 N–H and O–H groups in total. The van der Waals surface area contributed by atoms with Gasteiger partial charge in [-0.25, -0.2) is 0 Å². The molecule has 0 unspecified atom stereocenters. The van der Waals surface area contributed by atoms with Crippen LogP contribution in [0.1, 0.15) is 29.8 Å². The van der Waals surface area contributed by atoms with Gasteiger partial charge in [0.25, 0.3) is 0 Å². The minimum Gasteiger partial charge on any atom is -0.258 e. The molecule has 0 radical (unpaired) electrons. The van der Waals surface area contributed by atoms with E-state index in [4.69, 9.17) is 5.26 Å². The van der Waals surface area contributed by atoms with Gasteiger partial charge in [0.2, 0.25) is 0 Å². The highest BCUT2D eigenvalue weighted by Crippen LogP contribution is 2.47. The van der Waals surface area contributed by atoms with E-state index < -0.39 is 0 Å². The van der Waals surface area contributed by atoms with Crippen molar-refractivity contribution < 1.29 is 0 Å². The molecule has 0 saturated heterocycles. The van der Waals surface area contributed by atoms with Crippen LogP contribution in [0, 0.1) is 25.2 Å². The Hall–Kier alpha value is -1.36. The largest absolute Gasteiger partial charge is 0.258 e. The molecule has 2 rings (SSSR count). The highest BCUT2D eigenvalue weighted by atomic mass is 14.7. The van der Waals surface area contributed by atoms with Crippen LogP contribution in [0.5, 0.6) is 0 Å². The van der Waals surface area contributed by atoms with Gasteiger partial charge in [-0.2, -0.15) is 5.26 Å². The van der Waals surface area contributed by atoms with Gasteiger partial charge >= 0.3 is 0 Å². The third kappa shape index (κ3) is 1.31. The molecule has 1 aromatic heterocycles. The molecule has 1 heterocycles. The average molecular weight is 172 g/mol. The Morgan fingerprint density at radius 3 is 2.23 bits per heavy atom. The van der Waals surface area contributed by atoms with Crippen molar-refractivity contribution in [1.82, 2.24) is 4.98 Å². The number of nitriles is 1. The number of pyridine rings is 1. The molecule has 0 bridgehead atoms. The lowest BCUT2D eigenvalue weighted by atomic mass is 9.97. The van der Waals surface area contributed by atoms with Crippen LogP contribution in [-0.4, -0.2) is 4.98 Å². The molecule has 1 aliphatic carbocycles. The molecule has 1 aromatic rings. The van der Waals surface area contributed by atoms with Gasteiger partial charge in [0.05, 0.1) is 11.5 Å². The van der Waals surface area contributed by atoms with Crippen molar-refractivity contribution in [3.63, 3.8) is 0 Å². The smallest absolute Gasteiger partial charge is 0.0825 e. The Labute approximate surface area is 78.2 Å². The van der Waals surface area contributed by atoms with Crippen molar-refractivity contribution in [1.29, 1.82) is 5.26 Å². The summed E-state index contributed by atoms with van der Waals surface area (Å²) in [6.07, 6.45) is 2.01. The molecule has 0 amide bonds. The van der Waals surface area contributed by atoms with Gasteiger partial charge in [0, 0.05) is 11.4 Å². The molecule has 0 atom stereocenters. The van der Waals surface area contributed by atoms with Crippen molar-refractivity contribution in [2.45, 2.75) is 32.1 Å². The van der Waals surface area contributed by atoms with E-state index in [0.29, 0.717) is 0 Å². The molecule has 66 valence electrons. The summed E-state index contributed by atoms with van der Waals surface area (Å²) in [6, 6.07) is 6.46. The fourth-order valence-corrected chi connectivity index (χ4v) is 1.70. The molecule has 13 heavy (non-hydrogen) atoms. The number of aromatic nitrogens is 1. The highest BCUT2D eigenvalue weighted by molar-refractivity contribution is 5.40. The maximum absolute atomic E-state index is 9.02. The fourth-order valence-electron chi connectivity index (χ4n) is 1.70. The molecule has 1 saturated carbocycles. The van der Waals surface area contributed by atoms with E-state index in [1.54, 1.807) is 0 Å². The standard InChI is InChI=1S/C11H12N2/c1-8-5-10(6-9(2)13-8)11(7-12)3-4-11/h5-6H,3-4H2,1-2H3. The molecule has 1 fully saturated rings. The predicted molar refractivity (Wildman–Crippen MR) is 50.2 cm³/mol. The molecular weight excluding hydrogens is 160 g/mol. The quantitative estimate of drug-likeness (QED) is 0.651. The van der Waals surface area contributed by atoms with E-state index in [9.17, 15) is 0 Å². The van der Waals surface area contributed by atoms with Crippen LogP contribution in [-0.2, 0) is 5.41 Å². The number of hydrogen-bond acceptors (Lipinski definition) is 2. The Morgan fingerprint density at radius 1 is 1.31 bits per heavy atom. The summed E-state index contributed by atoms with van der Waals surface area (Å²) in [4.78, 5) is 4.30. The van der Waals surface area contributed by atoms with E-state index in [0.717, 1.165) is 29.8 Å². The summed E-state index contributed by atoms with van der Waals surface area (Å²) in [6.45, 7) is 3.95. The fraction of sp³-hybridized carbons (Fsp3) is 0.455. The first-order chi connectivity index (χ1) is 6.16. The normalized spacial score (nSPS) is 17.9. The first-order valence-corrected chi connectivity index (χ1v) is 4.53. The second kappa shape index (κ2) is 2.56. The Bertz CT molecular complexity index is 363. The molecule has 0 aliphatic heterocycles. The van der Waals surface area contributed by atoms with Crippen LogP contribution < -0.4 is 0 Å². The number of nitrogens with zero attached hydrogens (tertiary/aromatic N) is 2. The summed E-state index contributed by atoms with van der Waals surface area (Å²) in [5.41, 5.74) is 3.01. The highest BCUT2D eigenvalue weighted by Gasteiger charge is 2.45. The minimum atomic E-state index is -0.168. The van der Waals surface area contributed by atoms with Gasteiger partial charge in [0.1, 0.15) is 0 Å². The first kappa shape index (κ1) is 8.25. The monoisotopic (exact) mass is 172 g/mol. The summed E-state index contributed by atoms with van der Waals surface area (Å²) < 4.78 is 0. The number of hydrogen-bond donors (Lipinski definition) is 0. The van der Waals surface area contributed by atoms with Gasteiger partial charge < -0.3 is 0 Å². The molecule has 0 spiro atoms. The van der Waals surface area contributed by atoms with Crippen molar-refractivity contribution in [2.75, 3.05) is 0 Å². The maximum atomic E-state index is 9.02. The van der Waals surface area contributed by atoms with E-state index in [2.05, 4.69) is 11.1 Å². The van der Waals surface area contributed by atoms with Gasteiger partial charge in [-0.15, -0.1) is 0 Å². The second-order valence-electron chi connectivity index (χ2n) is 3.83. The predicted octanol–water partition coefficient (Wildman–Crippen LogP) is 2.25. The zero-order valence-electron chi connectivity index (χ0n) is 7.96. The Morgan fingerprint density at radius 2 is 1.85 bits per heavy atom. The van der Waals surface area contributed by atoms with Crippen molar-refractivity contribution in [2.24, 2.45) is 0 Å². The van der Waals surface area contributed by atoms with Crippen molar-refractivity contribution >= 4 is 0 Å². The molecular formula is C11H12N2. The first-order valence-electron chi connectivity index (χ1n) is 4.53. The summed E-state index contributed by atoms with van der Waals surface area (Å²) in [5.74, 6) is 0. The van der Waals surface area contributed by atoms with E-state index in [-0.39, 0.29) is 5.41 Å². The van der Waals surface area contributed by atoms with Crippen LogP contribution in [0.25, 0.3) is 0 Å². The van der Waals surface area contributed by atoms with Crippen LogP contribution >= 0.6 is 0 Å². The Balaban J connectivity index is 2.48. The van der Waals surface area contributed by atoms with Crippen molar-refractivity contribution in [3.8, 4) is 6.07 Å². The lowest BCUT2D eigenvalue weighted by molar-refractivity contribution is 0.891. The molecule has 2 nitrogen and oxygen atoms in total. The van der Waals surface area contributed by atoms with E-state index >= 15 is 0 Å². The van der Waals surface area contributed by atoms with Crippen molar-refractivity contribution in [3.05, 3.63) is 29.1 Å². The zero-order valence-corrected chi connectivity index (χ0v) is 7.96. The van der Waals surface area contributed by atoms with Crippen LogP contribution in [0.2, 0.25) is 0 Å². The summed E-state index contributed by atoms with van der Waals surface area (Å²) in [7, 11) is 0. The Kier molecular flexibility index (Phi) is 1.63. The van der Waals surface area contributed by atoms with Crippen LogP contribution in [0.3, 0.4) is 0 Å². The molecule has 1 aliphatic rings. The number of aryl methyl sites for hydroxylation is 2. The third-order valence-electron chi connectivity index (χ3n) is 2.60. The number of rotatable bonds is 1. The average Bonchev–Trinajstić information content (AvgIpc) is 2.82. The van der Waals surface area contributed by atoms with E-state index in [1.165, 1.54) is 0 Å². The lowest BCUT2D eigenvalue weighted by Gasteiger charge is -2.07. The summed E-state index contributed by atoms with van der Waals surface area (Å²) >= 11 is 0. The zero-order chi connectivity index (χ0) is 9.47. The van der Waals surface area contributed by atoms with Crippen LogP contribution in [0.4, 0.5) is 0 Å². The third-order valence-corrected chi connectivity index (χ3v) is 2.60. The van der Waals surface area contributed by atoms with Gasteiger partial charge in [-0.3, -0.25) is 4.98 Å². The molecule has 2 heteroatoms. The topological polar surface area (TPSA) is 36.7 Å². The SMILES string of the molecule is Cc1cc(C2(C#N)CC2)cc(C)n1. The van der Waals surface area contributed by atoms with Crippen LogP contribution in [0.15, 0.2) is 12.1 Å². The van der Waals surface area contributed by atoms with Gasteiger partial charge in [-0.05, 0) is 44.4 Å². The molecule has 0 aromatic carbocycles. The van der Waals surface area contributed by atoms with Gasteiger partial charge in [-0.1, -0.05) is 0 Å². The second-order valence-corrected chi connectivity index (χ2v) is 3.83. The van der Waals surface area contributed by atoms with Gasteiger partial charge in [0.15, 0.2) is 0 Å². The lowest BCUT2D eigenvalue weighted by Crippen LogP contribution is -2.04.